The van der Waals surface area contributed by atoms with Gasteiger partial charge >= 0.3 is 0 Å². The molecular formula is C16H17ClN2. The fourth-order valence-electron chi connectivity index (χ4n) is 2.60. The summed E-state index contributed by atoms with van der Waals surface area (Å²) in [5, 5.41) is 0.818. The van der Waals surface area contributed by atoms with Crippen LogP contribution in [0.2, 0.25) is 5.02 Å². The van der Waals surface area contributed by atoms with Gasteiger partial charge in [-0.3, -0.25) is 4.90 Å². The Balaban J connectivity index is 1.74. The molecule has 0 spiro atoms. The van der Waals surface area contributed by atoms with Crippen LogP contribution in [0.4, 0.5) is 0 Å². The predicted molar refractivity (Wildman–Crippen MR) is 78.7 cm³/mol. The summed E-state index contributed by atoms with van der Waals surface area (Å²) in [5.41, 5.74) is 10.7. The standard InChI is InChI=1S/C16H17ClN2/c17-16-7-12(8-18)5-6-15(16)11-19-9-13-3-1-2-4-14(13)10-19/h1-7H,8-11,18H2. The first-order valence-corrected chi connectivity index (χ1v) is 6.90. The summed E-state index contributed by atoms with van der Waals surface area (Å²) in [4.78, 5) is 2.41. The SMILES string of the molecule is NCc1ccc(CN2Cc3ccccc3C2)c(Cl)c1. The fraction of sp³-hybridized carbons (Fsp3) is 0.250. The smallest absolute Gasteiger partial charge is 0.0454 e. The van der Waals surface area contributed by atoms with Gasteiger partial charge in [-0.25, -0.2) is 0 Å². The monoisotopic (exact) mass is 272 g/mol. The number of hydrogen-bond donors (Lipinski definition) is 1. The Bertz CT molecular complexity index is 570. The maximum Gasteiger partial charge on any atom is 0.0454 e. The van der Waals surface area contributed by atoms with Gasteiger partial charge in [-0.1, -0.05) is 48.0 Å². The van der Waals surface area contributed by atoms with E-state index in [2.05, 4.69) is 41.3 Å². The fourth-order valence-corrected chi connectivity index (χ4v) is 2.87. The van der Waals surface area contributed by atoms with E-state index in [1.807, 2.05) is 6.07 Å². The molecule has 1 aliphatic heterocycles. The quantitative estimate of drug-likeness (QED) is 0.929. The zero-order chi connectivity index (χ0) is 13.2. The van der Waals surface area contributed by atoms with Crippen molar-refractivity contribution in [3.05, 3.63) is 69.7 Å². The van der Waals surface area contributed by atoms with Crippen molar-refractivity contribution in [2.24, 2.45) is 5.73 Å². The Morgan fingerprint density at radius 1 is 1.05 bits per heavy atom. The molecule has 2 nitrogen and oxygen atoms in total. The molecular weight excluding hydrogens is 256 g/mol. The molecule has 1 aliphatic rings. The maximum absolute atomic E-state index is 6.32. The van der Waals surface area contributed by atoms with Gasteiger partial charge in [0.05, 0.1) is 0 Å². The zero-order valence-corrected chi connectivity index (χ0v) is 11.5. The number of rotatable bonds is 3. The lowest BCUT2D eigenvalue weighted by atomic mass is 10.1. The Labute approximate surface area is 118 Å². The van der Waals surface area contributed by atoms with Crippen molar-refractivity contribution in [3.63, 3.8) is 0 Å². The third kappa shape index (κ3) is 2.66. The molecule has 3 rings (SSSR count). The van der Waals surface area contributed by atoms with Crippen molar-refractivity contribution in [2.75, 3.05) is 0 Å². The number of halogens is 1. The largest absolute Gasteiger partial charge is 0.326 e. The molecule has 0 radical (unpaired) electrons. The molecule has 2 aromatic carbocycles. The van der Waals surface area contributed by atoms with Gasteiger partial charge in [-0.05, 0) is 28.3 Å². The molecule has 0 amide bonds. The average Bonchev–Trinajstić information content (AvgIpc) is 2.83. The minimum Gasteiger partial charge on any atom is -0.326 e. The lowest BCUT2D eigenvalue weighted by Gasteiger charge is -2.16. The highest BCUT2D eigenvalue weighted by atomic mass is 35.5. The van der Waals surface area contributed by atoms with Crippen LogP contribution in [-0.2, 0) is 26.2 Å². The summed E-state index contributed by atoms with van der Waals surface area (Å²) < 4.78 is 0. The van der Waals surface area contributed by atoms with E-state index in [0.717, 1.165) is 30.2 Å². The Kier molecular flexibility index (Phi) is 3.56. The number of fused-ring (bicyclic) bond motifs is 1. The maximum atomic E-state index is 6.32. The van der Waals surface area contributed by atoms with Crippen molar-refractivity contribution >= 4 is 11.6 Å². The van der Waals surface area contributed by atoms with Crippen LogP contribution in [0.1, 0.15) is 22.3 Å². The van der Waals surface area contributed by atoms with Crippen LogP contribution in [-0.4, -0.2) is 4.90 Å². The Hall–Kier alpha value is -1.35. The average molecular weight is 273 g/mol. The van der Waals surface area contributed by atoms with Gasteiger partial charge < -0.3 is 5.73 Å². The molecule has 0 saturated heterocycles. The van der Waals surface area contributed by atoms with E-state index in [9.17, 15) is 0 Å². The van der Waals surface area contributed by atoms with Gasteiger partial charge in [0.25, 0.3) is 0 Å². The van der Waals surface area contributed by atoms with Crippen LogP contribution in [0.25, 0.3) is 0 Å². The van der Waals surface area contributed by atoms with Gasteiger partial charge in [-0.15, -0.1) is 0 Å². The lowest BCUT2D eigenvalue weighted by Crippen LogP contribution is -2.16. The first-order chi connectivity index (χ1) is 9.26. The lowest BCUT2D eigenvalue weighted by molar-refractivity contribution is 0.275. The molecule has 98 valence electrons. The topological polar surface area (TPSA) is 29.3 Å². The molecule has 0 atom stereocenters. The molecule has 0 fully saturated rings. The minimum atomic E-state index is 0.537. The molecule has 19 heavy (non-hydrogen) atoms. The molecule has 0 bridgehead atoms. The predicted octanol–water partition coefficient (Wildman–Crippen LogP) is 3.31. The van der Waals surface area contributed by atoms with Gasteiger partial charge in [0.2, 0.25) is 0 Å². The molecule has 2 aromatic rings. The third-order valence-electron chi connectivity index (χ3n) is 3.65. The van der Waals surface area contributed by atoms with E-state index in [1.54, 1.807) is 0 Å². The molecule has 1 heterocycles. The zero-order valence-electron chi connectivity index (χ0n) is 10.8. The second-order valence-electron chi connectivity index (χ2n) is 5.04. The van der Waals surface area contributed by atoms with Crippen molar-refractivity contribution in [1.82, 2.24) is 4.90 Å². The van der Waals surface area contributed by atoms with Crippen molar-refractivity contribution < 1.29 is 0 Å². The van der Waals surface area contributed by atoms with Crippen LogP contribution in [0.15, 0.2) is 42.5 Å². The van der Waals surface area contributed by atoms with E-state index in [4.69, 9.17) is 17.3 Å². The van der Waals surface area contributed by atoms with Gasteiger partial charge in [0, 0.05) is 31.2 Å². The van der Waals surface area contributed by atoms with Crippen LogP contribution < -0.4 is 5.73 Å². The number of nitrogens with two attached hydrogens (primary N) is 1. The summed E-state index contributed by atoms with van der Waals surface area (Å²) in [6, 6.07) is 14.7. The Morgan fingerprint density at radius 3 is 2.32 bits per heavy atom. The normalized spacial score (nSPS) is 14.6. The summed E-state index contributed by atoms with van der Waals surface area (Å²) in [6.07, 6.45) is 0. The van der Waals surface area contributed by atoms with E-state index in [1.165, 1.54) is 16.7 Å². The van der Waals surface area contributed by atoms with Gasteiger partial charge in [-0.2, -0.15) is 0 Å². The highest BCUT2D eigenvalue weighted by Crippen LogP contribution is 2.26. The van der Waals surface area contributed by atoms with Gasteiger partial charge in [0.15, 0.2) is 0 Å². The molecule has 0 saturated carbocycles. The van der Waals surface area contributed by atoms with E-state index in [-0.39, 0.29) is 0 Å². The Morgan fingerprint density at radius 2 is 1.74 bits per heavy atom. The molecule has 3 heteroatoms. The second kappa shape index (κ2) is 5.33. The molecule has 2 N–H and O–H groups in total. The summed E-state index contributed by atoms with van der Waals surface area (Å²) >= 11 is 6.32. The van der Waals surface area contributed by atoms with Crippen LogP contribution in [0, 0.1) is 0 Å². The van der Waals surface area contributed by atoms with Crippen LogP contribution in [0.5, 0.6) is 0 Å². The van der Waals surface area contributed by atoms with Crippen LogP contribution >= 0.6 is 11.6 Å². The number of benzene rings is 2. The van der Waals surface area contributed by atoms with Crippen molar-refractivity contribution in [2.45, 2.75) is 26.2 Å². The minimum absolute atomic E-state index is 0.537. The van der Waals surface area contributed by atoms with Crippen LogP contribution in [0.3, 0.4) is 0 Å². The summed E-state index contributed by atoms with van der Waals surface area (Å²) in [7, 11) is 0. The molecule has 0 unspecified atom stereocenters. The highest BCUT2D eigenvalue weighted by molar-refractivity contribution is 6.31. The van der Waals surface area contributed by atoms with E-state index in [0.29, 0.717) is 6.54 Å². The molecule has 0 aromatic heterocycles. The number of hydrogen-bond acceptors (Lipinski definition) is 2. The van der Waals surface area contributed by atoms with Crippen molar-refractivity contribution in [3.8, 4) is 0 Å². The van der Waals surface area contributed by atoms with Crippen molar-refractivity contribution in [1.29, 1.82) is 0 Å². The van der Waals surface area contributed by atoms with E-state index >= 15 is 0 Å². The highest BCUT2D eigenvalue weighted by Gasteiger charge is 2.18. The molecule has 0 aliphatic carbocycles. The summed E-state index contributed by atoms with van der Waals surface area (Å²) in [5.74, 6) is 0. The first kappa shape index (κ1) is 12.7. The number of nitrogens with zero attached hydrogens (tertiary/aromatic N) is 1. The van der Waals surface area contributed by atoms with Gasteiger partial charge in [0.1, 0.15) is 0 Å². The van der Waals surface area contributed by atoms with E-state index < -0.39 is 0 Å². The first-order valence-electron chi connectivity index (χ1n) is 6.53. The summed E-state index contributed by atoms with van der Waals surface area (Å²) in [6.45, 7) is 3.43. The second-order valence-corrected chi connectivity index (χ2v) is 5.45. The third-order valence-corrected chi connectivity index (χ3v) is 4.01.